The third-order valence-electron chi connectivity index (χ3n) is 3.98. The zero-order valence-electron chi connectivity index (χ0n) is 11.7. The summed E-state index contributed by atoms with van der Waals surface area (Å²) in [4.78, 5) is 10.9. The molecule has 0 amide bonds. The van der Waals surface area contributed by atoms with E-state index in [4.69, 9.17) is 0 Å². The number of aromatic nitrogens is 1. The fourth-order valence-corrected chi connectivity index (χ4v) is 3.33. The number of hydrogen-bond donors (Lipinski definition) is 0. The first kappa shape index (κ1) is 13.3. The van der Waals surface area contributed by atoms with Crippen molar-refractivity contribution in [1.82, 2.24) is 4.57 Å². The maximum absolute atomic E-state index is 10.9. The standard InChI is InChI=1S/C19H12BrNO/c20-14-7-10-19-17(11-14)16-3-1-2-4-18(16)21(19)15-8-5-13(12-22)6-9-15/h1-7,10-12H,8H2. The molecule has 0 bridgehead atoms. The number of para-hydroxylation sites is 1. The van der Waals surface area contributed by atoms with Gasteiger partial charge in [-0.2, -0.15) is 0 Å². The first-order chi connectivity index (χ1) is 10.8. The van der Waals surface area contributed by atoms with Crippen LogP contribution >= 0.6 is 15.9 Å². The highest BCUT2D eigenvalue weighted by Gasteiger charge is 2.14. The minimum Gasteiger partial charge on any atom is -0.306 e. The molecule has 0 saturated heterocycles. The summed E-state index contributed by atoms with van der Waals surface area (Å²) in [6.45, 7) is 0. The molecule has 1 heterocycles. The highest BCUT2D eigenvalue weighted by molar-refractivity contribution is 9.10. The number of hydrogen-bond acceptors (Lipinski definition) is 1. The average Bonchev–Trinajstić information content (AvgIpc) is 2.89. The van der Waals surface area contributed by atoms with Crippen molar-refractivity contribution in [2.75, 3.05) is 0 Å². The Hall–Kier alpha value is -2.35. The molecule has 3 heteroatoms. The van der Waals surface area contributed by atoms with Crippen LogP contribution in [0.2, 0.25) is 0 Å². The van der Waals surface area contributed by atoms with Crippen LogP contribution in [0.1, 0.15) is 6.42 Å². The normalized spacial score (nSPS) is 14.2. The number of aldehydes is 1. The molecule has 1 aliphatic carbocycles. The van der Waals surface area contributed by atoms with Crippen LogP contribution in [0, 0.1) is 0 Å². The lowest BCUT2D eigenvalue weighted by Gasteiger charge is -2.11. The molecule has 1 aliphatic rings. The van der Waals surface area contributed by atoms with Crippen LogP contribution in [0.5, 0.6) is 0 Å². The molecule has 106 valence electrons. The number of allylic oxidation sites excluding steroid dienone is 3. The van der Waals surface area contributed by atoms with Gasteiger partial charge in [0, 0.05) is 27.2 Å². The van der Waals surface area contributed by atoms with E-state index in [9.17, 15) is 4.79 Å². The number of fused-ring (bicyclic) bond motifs is 3. The van der Waals surface area contributed by atoms with Crippen LogP contribution in [0.3, 0.4) is 0 Å². The third-order valence-corrected chi connectivity index (χ3v) is 4.47. The largest absolute Gasteiger partial charge is 0.306 e. The fraction of sp³-hybridized carbons (Fsp3) is 0.0526. The summed E-state index contributed by atoms with van der Waals surface area (Å²) in [5.41, 5.74) is 7.32. The second-order valence-corrected chi connectivity index (χ2v) is 6.19. The SMILES string of the molecule is O=CC1=CCC(n2c3ccccc3c3cc(Br)ccc32)=C=C1. The van der Waals surface area contributed by atoms with Gasteiger partial charge in [-0.25, -0.2) is 0 Å². The number of rotatable bonds is 2. The lowest BCUT2D eigenvalue weighted by molar-refractivity contribution is -0.104. The van der Waals surface area contributed by atoms with E-state index < -0.39 is 0 Å². The molecule has 0 unspecified atom stereocenters. The van der Waals surface area contributed by atoms with E-state index in [-0.39, 0.29) is 0 Å². The molecule has 22 heavy (non-hydrogen) atoms. The quantitative estimate of drug-likeness (QED) is 0.467. The van der Waals surface area contributed by atoms with Crippen molar-refractivity contribution in [1.29, 1.82) is 0 Å². The Balaban J connectivity index is 2.09. The molecular formula is C19H12BrNO. The molecule has 0 spiro atoms. The Morgan fingerprint density at radius 3 is 2.68 bits per heavy atom. The molecular weight excluding hydrogens is 338 g/mol. The second kappa shape index (κ2) is 5.13. The number of nitrogens with zero attached hydrogens (tertiary/aromatic N) is 1. The predicted molar refractivity (Wildman–Crippen MR) is 93.7 cm³/mol. The minimum atomic E-state index is 0.687. The van der Waals surface area contributed by atoms with Gasteiger partial charge in [-0.15, -0.1) is 0 Å². The van der Waals surface area contributed by atoms with E-state index >= 15 is 0 Å². The molecule has 0 N–H and O–H groups in total. The Morgan fingerprint density at radius 2 is 1.91 bits per heavy atom. The Bertz CT molecular complexity index is 1020. The Labute approximate surface area is 136 Å². The van der Waals surface area contributed by atoms with Crippen molar-refractivity contribution >= 4 is 49.7 Å². The van der Waals surface area contributed by atoms with Crippen LogP contribution in [-0.2, 0) is 4.79 Å². The topological polar surface area (TPSA) is 22.0 Å². The molecule has 0 saturated carbocycles. The van der Waals surface area contributed by atoms with Gasteiger partial charge in [0.15, 0.2) is 0 Å². The van der Waals surface area contributed by atoms with Crippen molar-refractivity contribution in [3.63, 3.8) is 0 Å². The van der Waals surface area contributed by atoms with E-state index in [0.717, 1.165) is 27.5 Å². The highest BCUT2D eigenvalue weighted by Crippen LogP contribution is 2.34. The van der Waals surface area contributed by atoms with Gasteiger partial charge in [-0.05, 0) is 30.3 Å². The molecule has 0 radical (unpaired) electrons. The smallest absolute Gasteiger partial charge is 0.150 e. The number of carbonyl (C=O) groups excluding carboxylic acids is 1. The summed E-state index contributed by atoms with van der Waals surface area (Å²) >= 11 is 3.55. The van der Waals surface area contributed by atoms with Crippen LogP contribution in [0.4, 0.5) is 0 Å². The zero-order valence-corrected chi connectivity index (χ0v) is 13.3. The summed E-state index contributed by atoms with van der Waals surface area (Å²) in [6.07, 6.45) is 5.27. The van der Waals surface area contributed by atoms with Gasteiger partial charge in [0.05, 0.1) is 16.7 Å². The van der Waals surface area contributed by atoms with Crippen molar-refractivity contribution in [2.45, 2.75) is 6.42 Å². The average molecular weight is 350 g/mol. The van der Waals surface area contributed by atoms with Crippen LogP contribution in [-0.4, -0.2) is 10.9 Å². The number of benzene rings is 2. The maximum Gasteiger partial charge on any atom is 0.150 e. The van der Waals surface area contributed by atoms with E-state index in [1.807, 2.05) is 12.1 Å². The number of halogens is 1. The van der Waals surface area contributed by atoms with Crippen LogP contribution in [0.25, 0.3) is 27.5 Å². The first-order valence-electron chi connectivity index (χ1n) is 7.08. The predicted octanol–water partition coefficient (Wildman–Crippen LogP) is 5.08. The van der Waals surface area contributed by atoms with Gasteiger partial charge in [0.1, 0.15) is 6.29 Å². The molecule has 4 rings (SSSR count). The fourth-order valence-electron chi connectivity index (χ4n) is 2.97. The Kier molecular flexibility index (Phi) is 3.11. The van der Waals surface area contributed by atoms with Crippen molar-refractivity contribution in [3.05, 3.63) is 70.4 Å². The van der Waals surface area contributed by atoms with Crippen molar-refractivity contribution < 1.29 is 4.79 Å². The monoisotopic (exact) mass is 349 g/mol. The van der Waals surface area contributed by atoms with Gasteiger partial charge in [0.25, 0.3) is 0 Å². The van der Waals surface area contributed by atoms with E-state index in [2.05, 4.69) is 62.6 Å². The molecule has 2 nitrogen and oxygen atoms in total. The van der Waals surface area contributed by atoms with Gasteiger partial charge < -0.3 is 4.57 Å². The highest BCUT2D eigenvalue weighted by atomic mass is 79.9. The van der Waals surface area contributed by atoms with Crippen molar-refractivity contribution in [2.24, 2.45) is 0 Å². The minimum absolute atomic E-state index is 0.687. The van der Waals surface area contributed by atoms with E-state index in [1.54, 1.807) is 6.08 Å². The van der Waals surface area contributed by atoms with Crippen LogP contribution < -0.4 is 0 Å². The summed E-state index contributed by atoms with van der Waals surface area (Å²) in [6, 6.07) is 14.7. The van der Waals surface area contributed by atoms with Gasteiger partial charge in [-0.3, -0.25) is 4.79 Å². The lowest BCUT2D eigenvalue weighted by Crippen LogP contribution is -1.98. The summed E-state index contributed by atoms with van der Waals surface area (Å²) < 4.78 is 3.30. The molecule has 1 aromatic heterocycles. The van der Waals surface area contributed by atoms with E-state index in [1.165, 1.54) is 10.8 Å². The molecule has 3 aromatic rings. The summed E-state index contributed by atoms with van der Waals surface area (Å²) in [5.74, 6) is 0. The van der Waals surface area contributed by atoms with Gasteiger partial charge in [-0.1, -0.05) is 45.9 Å². The molecule has 0 fully saturated rings. The zero-order chi connectivity index (χ0) is 15.1. The second-order valence-electron chi connectivity index (χ2n) is 5.28. The lowest BCUT2D eigenvalue weighted by atomic mass is 10.1. The molecule has 0 atom stereocenters. The number of carbonyl (C=O) groups is 1. The maximum atomic E-state index is 10.9. The van der Waals surface area contributed by atoms with Crippen LogP contribution in [0.15, 0.2) is 70.4 Å². The third kappa shape index (κ3) is 1.98. The van der Waals surface area contributed by atoms with E-state index in [0.29, 0.717) is 12.0 Å². The van der Waals surface area contributed by atoms with Crippen molar-refractivity contribution in [3.8, 4) is 0 Å². The van der Waals surface area contributed by atoms with Gasteiger partial charge >= 0.3 is 0 Å². The molecule has 2 aromatic carbocycles. The summed E-state index contributed by atoms with van der Waals surface area (Å²) in [7, 11) is 0. The summed E-state index contributed by atoms with van der Waals surface area (Å²) in [5, 5.41) is 2.43. The first-order valence-corrected chi connectivity index (χ1v) is 7.87. The Morgan fingerprint density at radius 1 is 1.09 bits per heavy atom. The van der Waals surface area contributed by atoms with Gasteiger partial charge in [0.2, 0.25) is 0 Å². The molecule has 0 aliphatic heterocycles.